The number of thiophene rings is 1. The van der Waals surface area contributed by atoms with Crippen LogP contribution in [0.2, 0.25) is 0 Å². The molecule has 9 aromatic carbocycles. The van der Waals surface area contributed by atoms with Crippen molar-refractivity contribution >= 4 is 101 Å². The van der Waals surface area contributed by atoms with E-state index >= 15 is 13.7 Å². The summed E-state index contributed by atoms with van der Waals surface area (Å²) in [7, 11) is -9.79. The van der Waals surface area contributed by atoms with Crippen molar-refractivity contribution in [3.8, 4) is 11.1 Å². The average Bonchev–Trinajstić information content (AvgIpc) is 3.72. The molecule has 1 aromatic heterocycles. The van der Waals surface area contributed by atoms with Crippen LogP contribution in [0, 0.1) is 0 Å². The van der Waals surface area contributed by atoms with Crippen molar-refractivity contribution in [1.29, 1.82) is 0 Å². The van der Waals surface area contributed by atoms with Crippen LogP contribution < -0.4 is 47.7 Å². The summed E-state index contributed by atoms with van der Waals surface area (Å²) in [5.41, 5.74) is 1.85. The summed E-state index contributed by atoms with van der Waals surface area (Å²) >= 11 is 1.68. The summed E-state index contributed by atoms with van der Waals surface area (Å²) in [6.45, 7) is 0. The van der Waals surface area contributed by atoms with Gasteiger partial charge in [-0.05, 0) is 53.6 Å². The van der Waals surface area contributed by atoms with Gasteiger partial charge in [0, 0.05) is 67.9 Å². The van der Waals surface area contributed by atoms with E-state index in [-0.39, 0.29) is 0 Å². The molecular weight excluding hydrogens is 822 g/mol. The maximum absolute atomic E-state index is 16.1. The molecule has 1 heterocycles. The fourth-order valence-corrected chi connectivity index (χ4v) is 17.5. The summed E-state index contributed by atoms with van der Waals surface area (Å²) in [6.07, 6.45) is 0. The molecule has 0 saturated heterocycles. The van der Waals surface area contributed by atoms with Crippen LogP contribution in [-0.2, 0) is 13.7 Å². The first-order valence-corrected chi connectivity index (χ1v) is 26.1. The van der Waals surface area contributed by atoms with Gasteiger partial charge in [-0.3, -0.25) is 0 Å². The van der Waals surface area contributed by atoms with E-state index in [9.17, 15) is 0 Å². The lowest BCUT2D eigenvalue weighted by Crippen LogP contribution is -2.25. The maximum atomic E-state index is 16.1. The van der Waals surface area contributed by atoms with E-state index in [1.165, 1.54) is 0 Å². The Bertz CT molecular complexity index is 3230. The highest BCUT2D eigenvalue weighted by Gasteiger charge is 2.33. The second-order valence-corrected chi connectivity index (χ2v) is 24.5. The number of benzene rings is 9. The standard InChI is InChI=1S/C54H39O3P3S/c55-58(42-18-6-1-7-19-42,43-20-8-2-9-21-43)47-31-29-40(30-32-47)41-17-16-28-48(37-41)60(57,46-26-14-5-15-27-46)50-34-36-54-52(39-50)51-38-49(33-35-53(51)61-54)59(56,44-22-10-3-11-23-44)45-24-12-4-13-25-45/h1-39H. The van der Waals surface area contributed by atoms with Gasteiger partial charge >= 0.3 is 0 Å². The molecule has 0 aliphatic rings. The normalized spacial score (nSPS) is 12.9. The molecule has 0 amide bonds. The van der Waals surface area contributed by atoms with E-state index in [0.29, 0.717) is 0 Å². The van der Waals surface area contributed by atoms with E-state index in [2.05, 4.69) is 24.3 Å². The van der Waals surface area contributed by atoms with Crippen molar-refractivity contribution in [2.24, 2.45) is 0 Å². The molecule has 1 unspecified atom stereocenters. The number of fused-ring (bicyclic) bond motifs is 3. The Kier molecular flexibility index (Phi) is 10.3. The highest BCUT2D eigenvalue weighted by atomic mass is 32.1. The molecule has 0 radical (unpaired) electrons. The van der Waals surface area contributed by atoms with Crippen LogP contribution in [0.15, 0.2) is 237 Å². The van der Waals surface area contributed by atoms with Gasteiger partial charge in [-0.1, -0.05) is 194 Å². The van der Waals surface area contributed by atoms with Gasteiger partial charge in [0.15, 0.2) is 21.4 Å². The second kappa shape index (κ2) is 16.1. The Hall–Kier alpha value is -6.11. The monoisotopic (exact) mass is 860 g/mol. The zero-order valence-corrected chi connectivity index (χ0v) is 36.5. The molecule has 7 heteroatoms. The van der Waals surface area contributed by atoms with Gasteiger partial charge in [-0.2, -0.15) is 0 Å². The molecule has 0 bridgehead atoms. The average molecular weight is 861 g/mol. The first kappa shape index (κ1) is 39.1. The smallest absolute Gasteiger partial charge is 0.171 e. The van der Waals surface area contributed by atoms with Gasteiger partial charge in [0.2, 0.25) is 0 Å². The predicted octanol–water partition coefficient (Wildman–Crippen LogP) is 10.6. The van der Waals surface area contributed by atoms with Crippen LogP contribution in [0.4, 0.5) is 0 Å². The lowest BCUT2D eigenvalue weighted by atomic mass is 10.1. The van der Waals surface area contributed by atoms with Gasteiger partial charge in [0.1, 0.15) is 0 Å². The molecule has 0 fully saturated rings. The van der Waals surface area contributed by atoms with E-state index in [1.54, 1.807) is 11.3 Å². The quantitative estimate of drug-likeness (QED) is 0.129. The van der Waals surface area contributed by atoms with Crippen molar-refractivity contribution in [2.45, 2.75) is 0 Å². The van der Waals surface area contributed by atoms with Crippen molar-refractivity contribution in [3.63, 3.8) is 0 Å². The van der Waals surface area contributed by atoms with E-state index in [4.69, 9.17) is 0 Å². The van der Waals surface area contributed by atoms with E-state index < -0.39 is 21.4 Å². The van der Waals surface area contributed by atoms with Gasteiger partial charge in [0.05, 0.1) is 0 Å². The molecule has 0 spiro atoms. The highest BCUT2D eigenvalue weighted by molar-refractivity contribution is 7.86. The largest absolute Gasteiger partial charge is 0.309 e. The van der Waals surface area contributed by atoms with Crippen molar-refractivity contribution in [3.05, 3.63) is 237 Å². The number of hydrogen-bond acceptors (Lipinski definition) is 4. The molecule has 61 heavy (non-hydrogen) atoms. The lowest BCUT2D eigenvalue weighted by molar-refractivity contribution is 0.591. The molecule has 10 rings (SSSR count). The first-order valence-electron chi connectivity index (χ1n) is 20.1. The summed E-state index contributed by atoms with van der Waals surface area (Å²) in [5, 5.41) is 8.81. The molecule has 10 aromatic rings. The molecule has 0 aliphatic heterocycles. The summed E-state index contributed by atoms with van der Waals surface area (Å²) in [6, 6.07) is 77.0. The van der Waals surface area contributed by atoms with Gasteiger partial charge < -0.3 is 13.7 Å². The summed E-state index contributed by atoms with van der Waals surface area (Å²) in [5.74, 6) is 0. The minimum absolute atomic E-state index is 0.719. The molecule has 0 N–H and O–H groups in total. The third kappa shape index (κ3) is 6.82. The molecule has 1 atom stereocenters. The van der Waals surface area contributed by atoms with Gasteiger partial charge in [0.25, 0.3) is 0 Å². The van der Waals surface area contributed by atoms with Gasteiger partial charge in [-0.25, -0.2) is 0 Å². The third-order valence-electron chi connectivity index (χ3n) is 11.5. The number of hydrogen-bond donors (Lipinski definition) is 0. The molecule has 3 nitrogen and oxygen atoms in total. The minimum Gasteiger partial charge on any atom is -0.309 e. The van der Waals surface area contributed by atoms with Crippen LogP contribution in [0.5, 0.6) is 0 Å². The first-order chi connectivity index (χ1) is 29.9. The second-order valence-electron chi connectivity index (χ2n) is 15.1. The fraction of sp³-hybridized carbons (Fsp3) is 0. The van der Waals surface area contributed by atoms with Crippen molar-refractivity contribution in [2.75, 3.05) is 0 Å². The summed E-state index contributed by atoms with van der Waals surface area (Å²) in [4.78, 5) is 0. The zero-order valence-electron chi connectivity index (χ0n) is 33.0. The van der Waals surface area contributed by atoms with Crippen LogP contribution in [-0.4, -0.2) is 0 Å². The van der Waals surface area contributed by atoms with Crippen LogP contribution >= 0.6 is 32.8 Å². The van der Waals surface area contributed by atoms with Crippen molar-refractivity contribution < 1.29 is 13.7 Å². The van der Waals surface area contributed by atoms with Gasteiger partial charge in [-0.15, -0.1) is 11.3 Å². The predicted molar refractivity (Wildman–Crippen MR) is 263 cm³/mol. The molecule has 294 valence electrons. The number of rotatable bonds is 10. The third-order valence-corrected chi connectivity index (χ3v) is 21.9. The SMILES string of the molecule is O=P(c1ccccc1)(c1ccccc1)c1ccc(-c2cccc(P(=O)(c3ccccc3)c3ccc4sc5ccc(P(=O)(c6ccccc6)c6ccccc6)cc5c4c3)c2)cc1. The molecule has 0 aliphatic carbocycles. The van der Waals surface area contributed by atoms with Crippen molar-refractivity contribution in [1.82, 2.24) is 0 Å². The van der Waals surface area contributed by atoms with E-state index in [0.717, 1.165) is 79.0 Å². The highest BCUT2D eigenvalue weighted by Crippen LogP contribution is 2.47. The van der Waals surface area contributed by atoms with E-state index in [1.807, 2.05) is 212 Å². The Morgan fingerprint density at radius 1 is 0.246 bits per heavy atom. The summed E-state index contributed by atoms with van der Waals surface area (Å²) < 4.78 is 48.7. The Morgan fingerprint density at radius 2 is 0.541 bits per heavy atom. The topological polar surface area (TPSA) is 51.2 Å². The van der Waals surface area contributed by atoms with Crippen LogP contribution in [0.1, 0.15) is 0 Å². The zero-order chi connectivity index (χ0) is 41.4. The molecular formula is C54H39O3P3S. The fourth-order valence-electron chi connectivity index (χ4n) is 8.42. The van der Waals surface area contributed by atoms with Crippen LogP contribution in [0.25, 0.3) is 31.3 Å². The Balaban J connectivity index is 1.08. The minimum atomic E-state index is -3.43. The van der Waals surface area contributed by atoms with Crippen LogP contribution in [0.3, 0.4) is 0 Å². The Morgan fingerprint density at radius 3 is 0.934 bits per heavy atom. The molecule has 0 saturated carbocycles. The Labute approximate surface area is 360 Å². The lowest BCUT2D eigenvalue weighted by Gasteiger charge is -2.22. The maximum Gasteiger partial charge on any atom is 0.171 e.